The SMILES string of the molecule is Cc1ccccc1C1N=NC(=S)O1. The van der Waals surface area contributed by atoms with Gasteiger partial charge in [0.2, 0.25) is 6.23 Å². The Bertz CT molecular complexity index is 376. The Morgan fingerprint density at radius 1 is 1.38 bits per heavy atom. The second kappa shape index (κ2) is 3.22. The number of thiocarbonyl (C=S) groups is 1. The quantitative estimate of drug-likeness (QED) is 0.641. The van der Waals surface area contributed by atoms with Crippen LogP contribution in [0.1, 0.15) is 17.4 Å². The molecule has 0 amide bonds. The van der Waals surface area contributed by atoms with Crippen molar-refractivity contribution in [3.63, 3.8) is 0 Å². The molecule has 1 unspecified atom stereocenters. The van der Waals surface area contributed by atoms with E-state index in [1.165, 1.54) is 0 Å². The van der Waals surface area contributed by atoms with Gasteiger partial charge in [-0.25, -0.2) is 0 Å². The van der Waals surface area contributed by atoms with Gasteiger partial charge in [-0.15, -0.1) is 10.2 Å². The van der Waals surface area contributed by atoms with Crippen LogP contribution < -0.4 is 0 Å². The molecule has 1 heterocycles. The summed E-state index contributed by atoms with van der Waals surface area (Å²) in [6.45, 7) is 2.01. The van der Waals surface area contributed by atoms with E-state index >= 15 is 0 Å². The number of hydrogen-bond donors (Lipinski definition) is 0. The third kappa shape index (κ3) is 1.58. The highest BCUT2D eigenvalue weighted by atomic mass is 32.1. The molecule has 66 valence electrons. The molecule has 2 rings (SSSR count). The first-order valence-corrected chi connectivity index (χ1v) is 4.35. The van der Waals surface area contributed by atoms with Crippen molar-refractivity contribution in [3.05, 3.63) is 35.4 Å². The van der Waals surface area contributed by atoms with E-state index in [1.54, 1.807) is 0 Å². The molecule has 0 saturated carbocycles. The number of aryl methyl sites for hydroxylation is 1. The van der Waals surface area contributed by atoms with Crippen molar-refractivity contribution in [2.24, 2.45) is 10.2 Å². The van der Waals surface area contributed by atoms with Crippen molar-refractivity contribution >= 4 is 17.4 Å². The Labute approximate surface area is 81.4 Å². The molecule has 0 fully saturated rings. The summed E-state index contributed by atoms with van der Waals surface area (Å²) >= 11 is 4.76. The topological polar surface area (TPSA) is 34.0 Å². The molecule has 13 heavy (non-hydrogen) atoms. The van der Waals surface area contributed by atoms with Gasteiger partial charge < -0.3 is 4.74 Å². The maximum atomic E-state index is 5.23. The highest BCUT2D eigenvalue weighted by Crippen LogP contribution is 2.26. The van der Waals surface area contributed by atoms with E-state index in [2.05, 4.69) is 10.2 Å². The normalized spacial score (nSPS) is 20.4. The molecule has 0 spiro atoms. The van der Waals surface area contributed by atoms with Crippen molar-refractivity contribution < 1.29 is 4.74 Å². The fourth-order valence-electron chi connectivity index (χ4n) is 1.23. The predicted molar refractivity (Wildman–Crippen MR) is 52.5 cm³/mol. The number of ether oxygens (including phenoxy) is 1. The number of azo groups is 1. The van der Waals surface area contributed by atoms with E-state index in [0.29, 0.717) is 0 Å². The molecule has 4 heteroatoms. The van der Waals surface area contributed by atoms with Gasteiger partial charge in [0, 0.05) is 5.56 Å². The van der Waals surface area contributed by atoms with E-state index in [9.17, 15) is 0 Å². The van der Waals surface area contributed by atoms with Crippen LogP contribution in [0, 0.1) is 6.92 Å². The Hall–Kier alpha value is -1.29. The zero-order valence-corrected chi connectivity index (χ0v) is 7.91. The lowest BCUT2D eigenvalue weighted by atomic mass is 10.1. The third-order valence-corrected chi connectivity index (χ3v) is 2.09. The van der Waals surface area contributed by atoms with E-state index in [1.807, 2.05) is 31.2 Å². The molecule has 0 aromatic heterocycles. The zero-order valence-electron chi connectivity index (χ0n) is 7.10. The number of benzene rings is 1. The van der Waals surface area contributed by atoms with E-state index in [-0.39, 0.29) is 11.4 Å². The summed E-state index contributed by atoms with van der Waals surface area (Å²) in [5, 5.41) is 7.79. The smallest absolute Gasteiger partial charge is 0.304 e. The van der Waals surface area contributed by atoms with Gasteiger partial charge in [-0.05, 0) is 24.7 Å². The average molecular weight is 192 g/mol. The highest BCUT2D eigenvalue weighted by Gasteiger charge is 2.20. The van der Waals surface area contributed by atoms with Gasteiger partial charge in [0.1, 0.15) is 0 Å². The van der Waals surface area contributed by atoms with E-state index in [0.717, 1.165) is 11.1 Å². The predicted octanol–water partition coefficient (Wildman–Crippen LogP) is 2.76. The molecule has 1 atom stereocenters. The summed E-state index contributed by atoms with van der Waals surface area (Å²) in [7, 11) is 0. The van der Waals surface area contributed by atoms with Crippen LogP contribution in [0.5, 0.6) is 0 Å². The average Bonchev–Trinajstić information content (AvgIpc) is 2.53. The zero-order chi connectivity index (χ0) is 9.26. The summed E-state index contributed by atoms with van der Waals surface area (Å²) in [4.78, 5) is 0. The van der Waals surface area contributed by atoms with Crippen LogP contribution in [0.3, 0.4) is 0 Å². The van der Waals surface area contributed by atoms with Gasteiger partial charge in [0.25, 0.3) is 0 Å². The van der Waals surface area contributed by atoms with Crippen LogP contribution in [0.15, 0.2) is 34.5 Å². The first-order chi connectivity index (χ1) is 6.27. The molecule has 0 saturated heterocycles. The van der Waals surface area contributed by atoms with Crippen molar-refractivity contribution in [3.8, 4) is 0 Å². The molecule has 3 nitrogen and oxygen atoms in total. The number of hydrogen-bond acceptors (Lipinski definition) is 3. The van der Waals surface area contributed by atoms with Gasteiger partial charge in [0.15, 0.2) is 0 Å². The minimum atomic E-state index is -0.339. The molecule has 1 aliphatic heterocycles. The summed E-state index contributed by atoms with van der Waals surface area (Å²) in [6, 6.07) is 7.90. The van der Waals surface area contributed by atoms with Gasteiger partial charge in [-0.3, -0.25) is 0 Å². The van der Waals surface area contributed by atoms with Crippen LogP contribution in [0.2, 0.25) is 0 Å². The molecule has 0 N–H and O–H groups in total. The maximum Gasteiger partial charge on any atom is 0.304 e. The van der Waals surface area contributed by atoms with Crippen molar-refractivity contribution in [2.75, 3.05) is 0 Å². The van der Waals surface area contributed by atoms with Crippen molar-refractivity contribution in [1.29, 1.82) is 0 Å². The lowest BCUT2D eigenvalue weighted by Crippen LogP contribution is -1.99. The maximum absolute atomic E-state index is 5.23. The monoisotopic (exact) mass is 192 g/mol. The van der Waals surface area contributed by atoms with E-state index in [4.69, 9.17) is 17.0 Å². The van der Waals surface area contributed by atoms with Crippen LogP contribution in [-0.2, 0) is 4.74 Å². The second-order valence-electron chi connectivity index (χ2n) is 2.81. The van der Waals surface area contributed by atoms with Crippen molar-refractivity contribution in [2.45, 2.75) is 13.2 Å². The summed E-state index contributed by atoms with van der Waals surface area (Å²) in [5.74, 6) is 0. The standard InChI is InChI=1S/C9H8N2OS/c1-6-4-2-3-5-7(6)8-10-11-9(13)12-8/h2-5,8H,1H3. The van der Waals surface area contributed by atoms with Gasteiger partial charge in [0.05, 0.1) is 0 Å². The van der Waals surface area contributed by atoms with E-state index < -0.39 is 0 Å². The van der Waals surface area contributed by atoms with Crippen LogP contribution in [0.4, 0.5) is 0 Å². The summed E-state index contributed by atoms with van der Waals surface area (Å²) < 4.78 is 5.23. The fourth-order valence-corrected chi connectivity index (χ4v) is 1.37. The third-order valence-electron chi connectivity index (χ3n) is 1.91. The molecule has 0 bridgehead atoms. The lowest BCUT2D eigenvalue weighted by Gasteiger charge is -2.08. The van der Waals surface area contributed by atoms with Crippen molar-refractivity contribution in [1.82, 2.24) is 0 Å². The Morgan fingerprint density at radius 2 is 2.15 bits per heavy atom. The first kappa shape index (κ1) is 8.31. The summed E-state index contributed by atoms with van der Waals surface area (Å²) in [5.41, 5.74) is 2.15. The van der Waals surface area contributed by atoms with Gasteiger partial charge in [-0.2, -0.15) is 0 Å². The Balaban J connectivity index is 2.32. The fraction of sp³-hybridized carbons (Fsp3) is 0.222. The van der Waals surface area contributed by atoms with Gasteiger partial charge in [-0.1, -0.05) is 24.3 Å². The summed E-state index contributed by atoms with van der Waals surface area (Å²) in [6.07, 6.45) is -0.339. The Morgan fingerprint density at radius 3 is 2.77 bits per heavy atom. The number of rotatable bonds is 1. The molecule has 1 aromatic carbocycles. The van der Waals surface area contributed by atoms with Crippen LogP contribution in [0.25, 0.3) is 0 Å². The Kier molecular flexibility index (Phi) is 2.06. The largest absolute Gasteiger partial charge is 0.436 e. The van der Waals surface area contributed by atoms with Crippen LogP contribution in [-0.4, -0.2) is 5.17 Å². The molecule has 1 aliphatic rings. The van der Waals surface area contributed by atoms with Gasteiger partial charge >= 0.3 is 5.17 Å². The second-order valence-corrected chi connectivity index (χ2v) is 3.16. The highest BCUT2D eigenvalue weighted by molar-refractivity contribution is 7.80. The van der Waals surface area contributed by atoms with Crippen LogP contribution >= 0.6 is 12.2 Å². The molecule has 0 aliphatic carbocycles. The minimum Gasteiger partial charge on any atom is -0.436 e. The molecule has 0 radical (unpaired) electrons. The molecular weight excluding hydrogens is 184 g/mol. The minimum absolute atomic E-state index is 0.216. The lowest BCUT2D eigenvalue weighted by molar-refractivity contribution is 0.226. The molecular formula is C9H8N2OS. The molecule has 1 aromatic rings. The first-order valence-electron chi connectivity index (χ1n) is 3.94. The number of nitrogens with zero attached hydrogens (tertiary/aromatic N) is 2.